The van der Waals surface area contributed by atoms with Crippen molar-refractivity contribution in [2.24, 2.45) is 0 Å². The Morgan fingerprint density at radius 1 is 1.00 bits per heavy atom. The second-order valence-electron chi connectivity index (χ2n) is 7.31. The number of esters is 1. The van der Waals surface area contributed by atoms with E-state index in [0.29, 0.717) is 11.1 Å². The summed E-state index contributed by atoms with van der Waals surface area (Å²) in [7, 11) is 0. The normalized spacial score (nSPS) is 22.0. The molecule has 3 atom stereocenters. The topological polar surface area (TPSA) is 63.6 Å². The number of carbonyl (C=O) groups excluding carboxylic acids is 1. The van der Waals surface area contributed by atoms with E-state index in [1.807, 2.05) is 13.0 Å². The minimum Gasteiger partial charge on any atom is -0.480 e. The van der Waals surface area contributed by atoms with E-state index in [0.717, 1.165) is 5.56 Å². The number of hydrogen-bond donors (Lipinski definition) is 1. The van der Waals surface area contributed by atoms with Crippen LogP contribution in [0.4, 0.5) is 0 Å². The van der Waals surface area contributed by atoms with Crippen molar-refractivity contribution in [3.8, 4) is 0 Å². The first-order valence-corrected chi connectivity index (χ1v) is 11.3. The van der Waals surface area contributed by atoms with Crippen molar-refractivity contribution in [3.63, 3.8) is 0 Å². The minimum atomic E-state index is -1.90. The van der Waals surface area contributed by atoms with E-state index in [9.17, 15) is 14.7 Å². The van der Waals surface area contributed by atoms with Gasteiger partial charge in [-0.15, -0.1) is 11.6 Å². The summed E-state index contributed by atoms with van der Waals surface area (Å²) in [4.78, 5) is 25.3. The molecule has 0 heterocycles. The molecule has 9 heteroatoms. The third kappa shape index (κ3) is 4.27. The van der Waals surface area contributed by atoms with Crippen LogP contribution >= 0.6 is 58.0 Å². The van der Waals surface area contributed by atoms with Crippen molar-refractivity contribution in [2.75, 3.05) is 0 Å². The number of benzene rings is 2. The maximum Gasteiger partial charge on any atom is 0.326 e. The molecule has 0 amide bonds. The van der Waals surface area contributed by atoms with E-state index in [1.165, 1.54) is 12.1 Å². The molecule has 3 rings (SSSR count). The number of carbonyl (C=O) groups is 2. The Bertz CT molecular complexity index is 1140. The van der Waals surface area contributed by atoms with E-state index < -0.39 is 28.8 Å². The Labute approximate surface area is 210 Å². The third-order valence-electron chi connectivity index (χ3n) is 5.16. The second-order valence-corrected chi connectivity index (χ2v) is 9.29. The minimum absolute atomic E-state index is 0.0763. The first-order chi connectivity index (χ1) is 15.0. The number of allylic oxidation sites excluding steroid dienone is 2. The molecule has 0 spiro atoms. The fourth-order valence-corrected chi connectivity index (χ4v) is 5.27. The average Bonchev–Trinajstić information content (AvgIpc) is 2.75. The molecule has 1 aliphatic carbocycles. The molecule has 1 aliphatic rings. The Morgan fingerprint density at radius 2 is 1.62 bits per heavy atom. The van der Waals surface area contributed by atoms with Gasteiger partial charge in [-0.25, -0.2) is 0 Å². The largest absolute Gasteiger partial charge is 0.480 e. The van der Waals surface area contributed by atoms with Gasteiger partial charge in [0.2, 0.25) is 0 Å². The molecule has 1 N–H and O–H groups in total. The highest BCUT2D eigenvalue weighted by atomic mass is 35.5. The van der Waals surface area contributed by atoms with Gasteiger partial charge in [0.25, 0.3) is 0 Å². The van der Waals surface area contributed by atoms with Crippen LogP contribution in [0, 0.1) is 13.8 Å². The van der Waals surface area contributed by atoms with Crippen molar-refractivity contribution in [3.05, 3.63) is 90.9 Å². The van der Waals surface area contributed by atoms with Gasteiger partial charge in [-0.3, -0.25) is 9.59 Å². The number of rotatable bonds is 5. The van der Waals surface area contributed by atoms with Crippen LogP contribution < -0.4 is 0 Å². The lowest BCUT2D eigenvalue weighted by Crippen LogP contribution is -2.46. The fraction of sp³-hybridized carbons (Fsp3) is 0.217. The number of alkyl halides is 1. The molecule has 32 heavy (non-hydrogen) atoms. The standard InChI is InChI=1S/C23H17Cl5O4/c1-11-8-9-14(12(2)10-11)23(19(27)17(25)16(24)18(26)20(23)28)32-22(31)15(21(29)30)13-6-4-3-5-7-13/h3-10,15,19H,1-2H3,(H,29,30). The maximum absolute atomic E-state index is 13.3. The summed E-state index contributed by atoms with van der Waals surface area (Å²) in [5.41, 5.74) is 0.355. The monoisotopic (exact) mass is 532 g/mol. The van der Waals surface area contributed by atoms with Gasteiger partial charge in [-0.05, 0) is 25.0 Å². The Balaban J connectivity index is 2.23. The highest BCUT2D eigenvalue weighted by Gasteiger charge is 2.54. The van der Waals surface area contributed by atoms with Crippen molar-refractivity contribution in [1.82, 2.24) is 0 Å². The number of hydrogen-bond acceptors (Lipinski definition) is 3. The fourth-order valence-electron chi connectivity index (χ4n) is 3.64. The van der Waals surface area contributed by atoms with Crippen molar-refractivity contribution < 1.29 is 19.4 Å². The number of carboxylic acid groups (broad SMARTS) is 1. The Hall–Kier alpha value is -1.69. The number of aliphatic carboxylic acids is 1. The zero-order valence-electron chi connectivity index (χ0n) is 16.8. The zero-order valence-corrected chi connectivity index (χ0v) is 20.6. The molecule has 0 fully saturated rings. The van der Waals surface area contributed by atoms with Gasteiger partial charge < -0.3 is 9.84 Å². The van der Waals surface area contributed by atoms with Crippen LogP contribution in [0.3, 0.4) is 0 Å². The number of aryl methyl sites for hydroxylation is 2. The van der Waals surface area contributed by atoms with Crippen molar-refractivity contribution >= 4 is 69.9 Å². The van der Waals surface area contributed by atoms with Crippen LogP contribution in [-0.2, 0) is 19.9 Å². The lowest BCUT2D eigenvalue weighted by molar-refractivity contribution is -0.163. The van der Waals surface area contributed by atoms with Crippen LogP contribution in [0.25, 0.3) is 0 Å². The number of halogens is 5. The van der Waals surface area contributed by atoms with E-state index in [-0.39, 0.29) is 25.7 Å². The Morgan fingerprint density at radius 3 is 2.19 bits per heavy atom. The first kappa shape index (κ1) is 24.9. The van der Waals surface area contributed by atoms with Crippen molar-refractivity contribution in [1.29, 1.82) is 0 Å². The molecule has 0 aromatic heterocycles. The quantitative estimate of drug-likeness (QED) is 0.257. The molecule has 2 aromatic carbocycles. The van der Waals surface area contributed by atoms with Crippen LogP contribution in [0.1, 0.15) is 28.2 Å². The smallest absolute Gasteiger partial charge is 0.326 e. The first-order valence-electron chi connectivity index (χ1n) is 9.36. The number of ether oxygens (including phenoxy) is 1. The molecule has 0 bridgehead atoms. The zero-order chi connectivity index (χ0) is 23.8. The van der Waals surface area contributed by atoms with Crippen LogP contribution in [-0.4, -0.2) is 22.4 Å². The highest BCUT2D eigenvalue weighted by Crippen LogP contribution is 2.54. The molecule has 0 saturated heterocycles. The van der Waals surface area contributed by atoms with Crippen LogP contribution in [0.15, 0.2) is 68.7 Å². The van der Waals surface area contributed by atoms with Gasteiger partial charge in [0.15, 0.2) is 11.5 Å². The summed E-state index contributed by atoms with van der Waals surface area (Å²) in [5.74, 6) is -4.12. The maximum atomic E-state index is 13.3. The third-order valence-corrected chi connectivity index (χ3v) is 7.73. The lowest BCUT2D eigenvalue weighted by Gasteiger charge is -2.41. The second kappa shape index (κ2) is 9.66. The van der Waals surface area contributed by atoms with E-state index in [4.69, 9.17) is 62.7 Å². The van der Waals surface area contributed by atoms with Crippen LogP contribution in [0.5, 0.6) is 0 Å². The van der Waals surface area contributed by atoms with E-state index >= 15 is 0 Å². The summed E-state index contributed by atoms with van der Waals surface area (Å²) < 4.78 is 5.87. The lowest BCUT2D eigenvalue weighted by atomic mass is 9.82. The van der Waals surface area contributed by atoms with Crippen molar-refractivity contribution in [2.45, 2.75) is 30.7 Å². The molecule has 2 aromatic rings. The predicted octanol–water partition coefficient (Wildman–Crippen LogP) is 6.91. The predicted molar refractivity (Wildman–Crippen MR) is 128 cm³/mol. The SMILES string of the molecule is Cc1ccc(C2(OC(=O)C(C(=O)O)c3ccccc3)C(Cl)=C(Cl)C(Cl)=C(Cl)C2Cl)c(C)c1. The van der Waals surface area contributed by atoms with Gasteiger partial charge in [0.05, 0.1) is 20.1 Å². The molecular formula is C23H17Cl5O4. The summed E-state index contributed by atoms with van der Waals surface area (Å²) >= 11 is 32.2. The van der Waals surface area contributed by atoms with Gasteiger partial charge in [-0.2, -0.15) is 0 Å². The molecule has 0 radical (unpaired) electrons. The average molecular weight is 535 g/mol. The summed E-state index contributed by atoms with van der Waals surface area (Å²) in [6, 6.07) is 13.3. The molecule has 168 valence electrons. The summed E-state index contributed by atoms with van der Waals surface area (Å²) in [6.45, 7) is 3.66. The molecule has 3 unspecified atom stereocenters. The van der Waals surface area contributed by atoms with Gasteiger partial charge in [0.1, 0.15) is 5.38 Å². The van der Waals surface area contributed by atoms with E-state index in [1.54, 1.807) is 37.3 Å². The van der Waals surface area contributed by atoms with E-state index in [2.05, 4.69) is 0 Å². The van der Waals surface area contributed by atoms with Gasteiger partial charge in [0, 0.05) is 5.56 Å². The molecule has 4 nitrogen and oxygen atoms in total. The Kier molecular flexibility index (Phi) is 7.53. The number of carboxylic acids is 1. The summed E-state index contributed by atoms with van der Waals surface area (Å²) in [6.07, 6.45) is 0. The molecule has 0 saturated carbocycles. The molecule has 0 aliphatic heterocycles. The summed E-state index contributed by atoms with van der Waals surface area (Å²) in [5, 5.41) is 8.05. The van der Waals surface area contributed by atoms with Gasteiger partial charge >= 0.3 is 11.9 Å². The van der Waals surface area contributed by atoms with Gasteiger partial charge in [-0.1, -0.05) is 100 Å². The van der Waals surface area contributed by atoms with Crippen LogP contribution in [0.2, 0.25) is 0 Å². The molecular weight excluding hydrogens is 518 g/mol. The highest BCUT2D eigenvalue weighted by molar-refractivity contribution is 6.53.